The van der Waals surface area contributed by atoms with E-state index < -0.39 is 8.07 Å². The molecule has 26 heavy (non-hydrogen) atoms. The Balaban J connectivity index is 1.82. The first-order chi connectivity index (χ1) is 12.3. The first-order valence-corrected chi connectivity index (χ1v) is 13.1. The number of carbonyl (C=O) groups is 1. The summed E-state index contributed by atoms with van der Waals surface area (Å²) in [6, 6.07) is 6.92. The van der Waals surface area contributed by atoms with E-state index in [0.717, 1.165) is 27.0 Å². The van der Waals surface area contributed by atoms with Gasteiger partial charge in [0.2, 0.25) is 0 Å². The van der Waals surface area contributed by atoms with Gasteiger partial charge in [0, 0.05) is 37.2 Å². The van der Waals surface area contributed by atoms with Gasteiger partial charge in [-0.1, -0.05) is 35.6 Å². The van der Waals surface area contributed by atoms with Crippen LogP contribution in [0.25, 0.3) is 10.9 Å². The maximum atomic E-state index is 12.7. The summed E-state index contributed by atoms with van der Waals surface area (Å²) in [6.07, 6.45) is 3.66. The summed E-state index contributed by atoms with van der Waals surface area (Å²) in [7, 11) is -1.13. The minimum atomic E-state index is -1.13. The summed E-state index contributed by atoms with van der Waals surface area (Å²) >= 11 is 3.50. The predicted octanol–water partition coefficient (Wildman–Crippen LogP) is 4.26. The normalized spacial score (nSPS) is 12.0. The van der Waals surface area contributed by atoms with Crippen LogP contribution in [-0.4, -0.2) is 40.4 Å². The highest BCUT2D eigenvalue weighted by molar-refractivity contribution is 9.10. The molecule has 0 atom stereocenters. The molecule has 3 aromatic rings. The Hall–Kier alpha value is -1.77. The lowest BCUT2D eigenvalue weighted by Crippen LogP contribution is -2.22. The maximum absolute atomic E-state index is 12.7. The van der Waals surface area contributed by atoms with Crippen LogP contribution in [0.1, 0.15) is 16.1 Å². The standard InChI is InChI=1S/C18H23BrN4O2Si/c1-26(2,3)7-6-25-12-23-16-9-14(19)4-5-15(16)18(22-23)17(24)8-13-10-20-21-11-13/h4-5,9-11H,6-8,12H2,1-3H3,(H,20,21). The molecule has 0 fully saturated rings. The molecule has 3 rings (SSSR count). The van der Waals surface area contributed by atoms with Gasteiger partial charge < -0.3 is 4.74 Å². The first kappa shape index (κ1) is 19.0. The Kier molecular flexibility index (Phi) is 5.74. The molecule has 0 saturated heterocycles. The van der Waals surface area contributed by atoms with E-state index in [1.54, 1.807) is 17.1 Å². The highest BCUT2D eigenvalue weighted by atomic mass is 79.9. The van der Waals surface area contributed by atoms with Crippen LogP contribution < -0.4 is 0 Å². The summed E-state index contributed by atoms with van der Waals surface area (Å²) in [5.41, 5.74) is 2.21. The number of carbonyl (C=O) groups excluding carboxylic acids is 1. The number of ether oxygens (including phenoxy) is 1. The summed E-state index contributed by atoms with van der Waals surface area (Å²) in [5, 5.41) is 12.0. The molecule has 8 heteroatoms. The average molecular weight is 435 g/mol. The largest absolute Gasteiger partial charge is 0.360 e. The van der Waals surface area contributed by atoms with Crippen LogP contribution in [0.3, 0.4) is 0 Å². The number of rotatable bonds is 8. The van der Waals surface area contributed by atoms with Gasteiger partial charge in [-0.15, -0.1) is 0 Å². The number of ketones is 1. The Labute approximate surface area is 162 Å². The van der Waals surface area contributed by atoms with Crippen molar-refractivity contribution < 1.29 is 9.53 Å². The molecule has 2 aromatic heterocycles. The number of fused-ring (bicyclic) bond motifs is 1. The summed E-state index contributed by atoms with van der Waals surface area (Å²) in [5.74, 6) is -0.0282. The lowest BCUT2D eigenvalue weighted by Gasteiger charge is -2.15. The fourth-order valence-electron chi connectivity index (χ4n) is 2.62. The number of hydrogen-bond donors (Lipinski definition) is 1. The number of nitrogens with one attached hydrogen (secondary N) is 1. The van der Waals surface area contributed by atoms with Gasteiger partial charge in [0.05, 0.1) is 11.7 Å². The van der Waals surface area contributed by atoms with Crippen LogP contribution in [0.2, 0.25) is 25.7 Å². The molecule has 0 aliphatic heterocycles. The molecule has 0 spiro atoms. The molecular formula is C18H23BrN4O2Si. The molecule has 2 heterocycles. The van der Waals surface area contributed by atoms with Crippen molar-refractivity contribution in [3.63, 3.8) is 0 Å². The molecular weight excluding hydrogens is 412 g/mol. The molecule has 138 valence electrons. The molecule has 1 N–H and O–H groups in total. The molecule has 0 radical (unpaired) electrons. The van der Waals surface area contributed by atoms with E-state index in [2.05, 4.69) is 50.9 Å². The van der Waals surface area contributed by atoms with Crippen molar-refractivity contribution in [2.24, 2.45) is 0 Å². The maximum Gasteiger partial charge on any atom is 0.188 e. The van der Waals surface area contributed by atoms with Crippen molar-refractivity contribution in [2.75, 3.05) is 6.61 Å². The van der Waals surface area contributed by atoms with Gasteiger partial charge in [-0.2, -0.15) is 10.2 Å². The average Bonchev–Trinajstić information content (AvgIpc) is 3.18. The highest BCUT2D eigenvalue weighted by Gasteiger charge is 2.19. The molecule has 0 unspecified atom stereocenters. The highest BCUT2D eigenvalue weighted by Crippen LogP contribution is 2.24. The van der Waals surface area contributed by atoms with Crippen LogP contribution in [-0.2, 0) is 17.9 Å². The van der Waals surface area contributed by atoms with Gasteiger partial charge in [-0.3, -0.25) is 9.89 Å². The molecule has 0 aliphatic rings. The predicted molar refractivity (Wildman–Crippen MR) is 108 cm³/mol. The number of aromatic amines is 1. The summed E-state index contributed by atoms with van der Waals surface area (Å²) in [6.45, 7) is 8.02. The van der Waals surface area contributed by atoms with E-state index >= 15 is 0 Å². The van der Waals surface area contributed by atoms with E-state index in [9.17, 15) is 4.79 Å². The lowest BCUT2D eigenvalue weighted by atomic mass is 10.1. The lowest BCUT2D eigenvalue weighted by molar-refractivity contribution is 0.0807. The number of benzene rings is 1. The van der Waals surface area contributed by atoms with E-state index in [4.69, 9.17) is 4.74 Å². The zero-order valence-corrected chi connectivity index (χ0v) is 17.8. The van der Waals surface area contributed by atoms with Crippen LogP contribution in [0, 0.1) is 0 Å². The molecule has 0 aliphatic carbocycles. The number of H-pyrrole nitrogens is 1. The first-order valence-electron chi connectivity index (χ1n) is 8.58. The van der Waals surface area contributed by atoms with Crippen molar-refractivity contribution in [1.29, 1.82) is 0 Å². The van der Waals surface area contributed by atoms with E-state index in [1.807, 2.05) is 18.2 Å². The third-order valence-corrected chi connectivity index (χ3v) is 6.30. The fraction of sp³-hybridized carbons (Fsp3) is 0.389. The zero-order valence-electron chi connectivity index (χ0n) is 15.3. The van der Waals surface area contributed by atoms with E-state index in [-0.39, 0.29) is 12.2 Å². The van der Waals surface area contributed by atoms with Crippen LogP contribution in [0.4, 0.5) is 0 Å². The van der Waals surface area contributed by atoms with Crippen molar-refractivity contribution in [3.05, 3.63) is 46.3 Å². The van der Waals surface area contributed by atoms with Crippen molar-refractivity contribution in [1.82, 2.24) is 20.0 Å². The number of nitrogens with zero attached hydrogens (tertiary/aromatic N) is 3. The molecule has 0 bridgehead atoms. The van der Waals surface area contributed by atoms with Crippen molar-refractivity contribution in [2.45, 2.75) is 38.8 Å². The molecule has 0 amide bonds. The Morgan fingerprint density at radius 2 is 2.15 bits per heavy atom. The molecule has 1 aromatic carbocycles. The SMILES string of the molecule is C[Si](C)(C)CCOCn1nc(C(=O)Cc2cn[nH]c2)c2ccc(Br)cc21. The number of halogens is 1. The topological polar surface area (TPSA) is 72.8 Å². The minimum Gasteiger partial charge on any atom is -0.360 e. The molecule has 0 saturated carbocycles. The Morgan fingerprint density at radius 3 is 2.85 bits per heavy atom. The number of aromatic nitrogens is 4. The smallest absolute Gasteiger partial charge is 0.188 e. The quantitative estimate of drug-likeness (QED) is 0.326. The fourth-order valence-corrected chi connectivity index (χ4v) is 3.73. The second-order valence-corrected chi connectivity index (χ2v) is 14.1. The van der Waals surface area contributed by atoms with Crippen LogP contribution >= 0.6 is 15.9 Å². The second kappa shape index (κ2) is 7.85. The van der Waals surface area contributed by atoms with Gasteiger partial charge in [0.25, 0.3) is 0 Å². The number of Topliss-reactive ketones (excluding diaryl/α,β-unsaturated/α-hetero) is 1. The van der Waals surface area contributed by atoms with Gasteiger partial charge in [0.1, 0.15) is 12.4 Å². The summed E-state index contributed by atoms with van der Waals surface area (Å²) < 4.78 is 8.55. The molecule has 6 nitrogen and oxygen atoms in total. The van der Waals surface area contributed by atoms with E-state index in [0.29, 0.717) is 19.0 Å². The zero-order chi connectivity index (χ0) is 18.7. The van der Waals surface area contributed by atoms with Crippen molar-refractivity contribution >= 4 is 40.7 Å². The van der Waals surface area contributed by atoms with Crippen molar-refractivity contribution in [3.8, 4) is 0 Å². The second-order valence-electron chi connectivity index (χ2n) is 7.56. The van der Waals surface area contributed by atoms with Gasteiger partial charge in [-0.05, 0) is 29.8 Å². The third-order valence-electron chi connectivity index (χ3n) is 4.11. The monoisotopic (exact) mass is 434 g/mol. The summed E-state index contributed by atoms with van der Waals surface area (Å²) in [4.78, 5) is 12.7. The van der Waals surface area contributed by atoms with Gasteiger partial charge in [-0.25, -0.2) is 4.68 Å². The third kappa shape index (κ3) is 4.69. The van der Waals surface area contributed by atoms with Gasteiger partial charge in [0.15, 0.2) is 5.78 Å². The van der Waals surface area contributed by atoms with Crippen LogP contribution in [0.15, 0.2) is 35.1 Å². The van der Waals surface area contributed by atoms with Gasteiger partial charge >= 0.3 is 0 Å². The van der Waals surface area contributed by atoms with Crippen LogP contribution in [0.5, 0.6) is 0 Å². The minimum absolute atomic E-state index is 0.0282. The Morgan fingerprint density at radius 1 is 1.35 bits per heavy atom. The Bertz CT molecular complexity index is 900. The number of hydrogen-bond acceptors (Lipinski definition) is 4. The van der Waals surface area contributed by atoms with E-state index in [1.165, 1.54) is 0 Å².